The van der Waals surface area contributed by atoms with Gasteiger partial charge < -0.3 is 10.4 Å². The summed E-state index contributed by atoms with van der Waals surface area (Å²) in [5, 5.41) is 15.2. The molecule has 0 atom stereocenters. The van der Waals surface area contributed by atoms with E-state index in [1.54, 1.807) is 0 Å². The zero-order valence-corrected chi connectivity index (χ0v) is 15.0. The van der Waals surface area contributed by atoms with E-state index in [0.29, 0.717) is 5.41 Å². The lowest BCUT2D eigenvalue weighted by Gasteiger charge is -2.47. The van der Waals surface area contributed by atoms with Gasteiger partial charge in [-0.3, -0.25) is 0 Å². The minimum atomic E-state index is -5.08. The molecule has 8 heteroatoms. The summed E-state index contributed by atoms with van der Waals surface area (Å²) in [6, 6.07) is 10.6. The Morgan fingerprint density at radius 1 is 1.26 bits per heavy atom. The lowest BCUT2D eigenvalue weighted by molar-refractivity contribution is -0.192. The number of hydrogen-bond acceptors (Lipinski definition) is 3. The molecule has 2 aliphatic rings. The minimum Gasteiger partial charge on any atom is -0.475 e. The predicted molar refractivity (Wildman–Crippen MR) is 94.6 cm³/mol. The van der Waals surface area contributed by atoms with Gasteiger partial charge in [0.25, 0.3) is 0 Å². The first kappa shape index (κ1) is 19.2. The van der Waals surface area contributed by atoms with Crippen LogP contribution in [-0.4, -0.2) is 40.1 Å². The summed E-state index contributed by atoms with van der Waals surface area (Å²) >= 11 is 0. The molecule has 1 fully saturated rings. The van der Waals surface area contributed by atoms with Crippen molar-refractivity contribution in [2.45, 2.75) is 26.4 Å². The average molecular weight is 379 g/mol. The van der Waals surface area contributed by atoms with Crippen LogP contribution in [0.1, 0.15) is 23.4 Å². The van der Waals surface area contributed by atoms with Gasteiger partial charge in [-0.2, -0.15) is 18.3 Å². The highest BCUT2D eigenvalue weighted by Gasteiger charge is 2.43. The highest BCUT2D eigenvalue weighted by Crippen LogP contribution is 2.47. The van der Waals surface area contributed by atoms with Crippen LogP contribution in [0.25, 0.3) is 11.3 Å². The molecule has 144 valence electrons. The fourth-order valence-corrected chi connectivity index (χ4v) is 3.27. The van der Waals surface area contributed by atoms with Crippen molar-refractivity contribution < 1.29 is 23.1 Å². The molecule has 27 heavy (non-hydrogen) atoms. The number of alkyl halides is 3. The standard InChI is InChI=1S/C17H19N3.C2HF3O2/c1-12-5-3-4-6-15(12)20-16(7-13(2)19-20)14-8-17(9-14)10-18-11-17;3-2(4,5)1(6)7/h3-8,18H,9-11H2,1-2H3;(H,6,7). The first-order valence-corrected chi connectivity index (χ1v) is 8.47. The number of nitrogens with zero attached hydrogens (tertiary/aromatic N) is 2. The molecule has 2 heterocycles. The molecular weight excluding hydrogens is 359 g/mol. The van der Waals surface area contributed by atoms with E-state index in [0.717, 1.165) is 18.8 Å². The second kappa shape index (κ2) is 6.84. The largest absolute Gasteiger partial charge is 0.490 e. The van der Waals surface area contributed by atoms with Gasteiger partial charge in [-0.1, -0.05) is 24.3 Å². The van der Waals surface area contributed by atoms with Gasteiger partial charge in [0.15, 0.2) is 0 Å². The highest BCUT2D eigenvalue weighted by atomic mass is 19.4. The number of carboxylic acid groups (broad SMARTS) is 1. The Balaban J connectivity index is 0.000000260. The molecule has 0 unspecified atom stereocenters. The predicted octanol–water partition coefficient (Wildman–Crippen LogP) is 3.50. The summed E-state index contributed by atoms with van der Waals surface area (Å²) in [7, 11) is 0. The molecule has 0 radical (unpaired) electrons. The SMILES string of the molecule is Cc1cc(C2=CC3(CNC3)C2)n(-c2ccccc2C)n1.O=C(O)C(F)(F)F. The number of halogens is 3. The molecule has 1 aromatic heterocycles. The zero-order chi connectivity index (χ0) is 19.8. The number of allylic oxidation sites excluding steroid dienone is 1. The third kappa shape index (κ3) is 3.90. The van der Waals surface area contributed by atoms with Crippen LogP contribution in [0, 0.1) is 19.3 Å². The Morgan fingerprint density at radius 3 is 2.33 bits per heavy atom. The van der Waals surface area contributed by atoms with E-state index in [9.17, 15) is 13.2 Å². The Morgan fingerprint density at radius 2 is 1.85 bits per heavy atom. The van der Waals surface area contributed by atoms with E-state index < -0.39 is 12.1 Å². The van der Waals surface area contributed by atoms with Crippen LogP contribution in [0.3, 0.4) is 0 Å². The molecule has 0 amide bonds. The summed E-state index contributed by atoms with van der Waals surface area (Å²) in [6.07, 6.45) is -1.47. The van der Waals surface area contributed by atoms with E-state index >= 15 is 0 Å². The molecule has 1 aromatic carbocycles. The Kier molecular flexibility index (Phi) is 4.86. The van der Waals surface area contributed by atoms with Crippen molar-refractivity contribution in [2.24, 2.45) is 5.41 Å². The molecular formula is C19H20F3N3O2. The van der Waals surface area contributed by atoms with Crippen molar-refractivity contribution in [3.63, 3.8) is 0 Å². The Labute approximate surface area is 154 Å². The van der Waals surface area contributed by atoms with Crippen molar-refractivity contribution in [1.82, 2.24) is 15.1 Å². The van der Waals surface area contributed by atoms with E-state index in [4.69, 9.17) is 15.0 Å². The molecule has 2 aromatic rings. The summed E-state index contributed by atoms with van der Waals surface area (Å²) < 4.78 is 33.8. The van der Waals surface area contributed by atoms with Crippen LogP contribution in [-0.2, 0) is 4.79 Å². The zero-order valence-electron chi connectivity index (χ0n) is 15.0. The number of hydrogen-bond donors (Lipinski definition) is 2. The fourth-order valence-electron chi connectivity index (χ4n) is 3.27. The van der Waals surface area contributed by atoms with E-state index in [2.05, 4.69) is 60.3 Å². The van der Waals surface area contributed by atoms with Crippen molar-refractivity contribution in [1.29, 1.82) is 0 Å². The summed E-state index contributed by atoms with van der Waals surface area (Å²) in [5.41, 5.74) is 6.67. The third-order valence-corrected chi connectivity index (χ3v) is 4.72. The maximum absolute atomic E-state index is 10.6. The molecule has 1 saturated heterocycles. The fraction of sp³-hybridized carbons (Fsp3) is 0.368. The van der Waals surface area contributed by atoms with E-state index in [-0.39, 0.29) is 0 Å². The maximum atomic E-state index is 10.6. The molecule has 0 saturated carbocycles. The highest BCUT2D eigenvalue weighted by molar-refractivity contribution is 5.73. The lowest BCUT2D eigenvalue weighted by atomic mass is 9.66. The monoisotopic (exact) mass is 379 g/mol. The number of benzene rings is 1. The number of aryl methyl sites for hydroxylation is 2. The van der Waals surface area contributed by atoms with Gasteiger partial charge in [0.2, 0.25) is 0 Å². The maximum Gasteiger partial charge on any atom is 0.490 e. The van der Waals surface area contributed by atoms with Gasteiger partial charge >= 0.3 is 12.1 Å². The van der Waals surface area contributed by atoms with Gasteiger partial charge in [-0.05, 0) is 43.5 Å². The van der Waals surface area contributed by atoms with Crippen LogP contribution in [0.5, 0.6) is 0 Å². The summed E-state index contributed by atoms with van der Waals surface area (Å²) in [5.74, 6) is -2.76. The first-order valence-electron chi connectivity index (χ1n) is 8.47. The van der Waals surface area contributed by atoms with Gasteiger partial charge in [-0.15, -0.1) is 0 Å². The number of rotatable bonds is 2. The molecule has 1 aliphatic heterocycles. The van der Waals surface area contributed by atoms with Crippen molar-refractivity contribution in [3.05, 3.63) is 53.4 Å². The van der Waals surface area contributed by atoms with Gasteiger partial charge in [-0.25, -0.2) is 9.48 Å². The smallest absolute Gasteiger partial charge is 0.475 e. The number of nitrogens with one attached hydrogen (secondary N) is 1. The topological polar surface area (TPSA) is 67.2 Å². The number of aliphatic carboxylic acids is 1. The Hall–Kier alpha value is -2.61. The van der Waals surface area contributed by atoms with Crippen LogP contribution >= 0.6 is 0 Å². The van der Waals surface area contributed by atoms with Crippen molar-refractivity contribution in [3.8, 4) is 5.69 Å². The Bertz CT molecular complexity index is 896. The number of para-hydroxylation sites is 1. The van der Waals surface area contributed by atoms with Crippen LogP contribution in [0.2, 0.25) is 0 Å². The summed E-state index contributed by atoms with van der Waals surface area (Å²) in [4.78, 5) is 8.90. The van der Waals surface area contributed by atoms with Crippen LogP contribution in [0.15, 0.2) is 36.4 Å². The second-order valence-corrected chi connectivity index (χ2v) is 6.98. The van der Waals surface area contributed by atoms with E-state index in [1.807, 2.05) is 0 Å². The molecule has 5 nitrogen and oxygen atoms in total. The van der Waals surface area contributed by atoms with Gasteiger partial charge in [0.1, 0.15) is 0 Å². The normalized spacial score (nSPS) is 17.3. The summed E-state index contributed by atoms with van der Waals surface area (Å²) in [6.45, 7) is 6.47. The third-order valence-electron chi connectivity index (χ3n) is 4.72. The average Bonchev–Trinajstić information content (AvgIpc) is 2.86. The van der Waals surface area contributed by atoms with Crippen LogP contribution < -0.4 is 5.32 Å². The number of aromatic nitrogens is 2. The van der Waals surface area contributed by atoms with Crippen molar-refractivity contribution >= 4 is 11.5 Å². The molecule has 1 aliphatic carbocycles. The molecule has 0 bridgehead atoms. The van der Waals surface area contributed by atoms with Gasteiger partial charge in [0, 0.05) is 18.5 Å². The number of carboxylic acids is 1. The number of carbonyl (C=O) groups is 1. The van der Waals surface area contributed by atoms with E-state index in [1.165, 1.54) is 28.9 Å². The van der Waals surface area contributed by atoms with Gasteiger partial charge in [0.05, 0.1) is 17.1 Å². The molecule has 1 spiro atoms. The van der Waals surface area contributed by atoms with Crippen molar-refractivity contribution in [2.75, 3.05) is 13.1 Å². The van der Waals surface area contributed by atoms with Crippen LogP contribution in [0.4, 0.5) is 13.2 Å². The molecule has 4 rings (SSSR count). The molecule has 2 N–H and O–H groups in total. The minimum absolute atomic E-state index is 0.448. The lowest BCUT2D eigenvalue weighted by Crippen LogP contribution is -2.55. The first-order chi connectivity index (χ1) is 12.6. The quantitative estimate of drug-likeness (QED) is 0.838. The second-order valence-electron chi connectivity index (χ2n) is 6.98.